The fourth-order valence-electron chi connectivity index (χ4n) is 5.10. The van der Waals surface area contributed by atoms with Crippen LogP contribution in [0.4, 0.5) is 17.1 Å². The molecule has 0 saturated carbocycles. The molecule has 0 amide bonds. The van der Waals surface area contributed by atoms with E-state index in [9.17, 15) is 9.90 Å². The first kappa shape index (κ1) is 28.0. The zero-order chi connectivity index (χ0) is 28.1. The summed E-state index contributed by atoms with van der Waals surface area (Å²) >= 11 is 0. The minimum Gasteiger partial charge on any atom is -0.508 e. The highest BCUT2D eigenvalue weighted by molar-refractivity contribution is 5.71. The van der Waals surface area contributed by atoms with E-state index in [0.717, 1.165) is 51.8 Å². The van der Waals surface area contributed by atoms with Crippen molar-refractivity contribution in [3.63, 3.8) is 0 Å². The first-order chi connectivity index (χ1) is 18.8. The Morgan fingerprint density at radius 3 is 2.36 bits per heavy atom. The fourth-order valence-corrected chi connectivity index (χ4v) is 5.10. The molecule has 8 nitrogen and oxygen atoms in total. The molecule has 208 valence electrons. The number of nitrogens with zero attached hydrogens (tertiary/aromatic N) is 2. The van der Waals surface area contributed by atoms with Crippen molar-refractivity contribution in [3.05, 3.63) is 65.2 Å². The Morgan fingerprint density at radius 1 is 1.00 bits per heavy atom. The zero-order valence-electron chi connectivity index (χ0n) is 23.7. The number of hydrogen-bond donors (Lipinski definition) is 2. The molecule has 4 rings (SSSR count). The number of fused-ring (bicyclic) bond motifs is 2. The first-order valence-corrected chi connectivity index (χ1v) is 13.4. The smallest absolute Gasteiger partial charge is 0.305 e. The fraction of sp³-hybridized carbons (Fsp3) is 0.387. The second-order valence-electron chi connectivity index (χ2n) is 9.78. The molecule has 0 aromatic heterocycles. The maximum Gasteiger partial charge on any atom is 0.305 e. The molecule has 1 heterocycles. The summed E-state index contributed by atoms with van der Waals surface area (Å²) < 4.78 is 17.1. The van der Waals surface area contributed by atoms with E-state index in [2.05, 4.69) is 35.3 Å². The van der Waals surface area contributed by atoms with Crippen LogP contribution in [0.5, 0.6) is 23.0 Å². The topological polar surface area (TPSA) is 83.5 Å². The van der Waals surface area contributed by atoms with Crippen LogP contribution in [-0.2, 0) is 9.53 Å². The Hall–Kier alpha value is -4.07. The molecule has 2 N–H and O–H groups in total. The average Bonchev–Trinajstić information content (AvgIpc) is 2.93. The molecule has 0 aliphatic carbocycles. The molecule has 1 aliphatic heterocycles. The number of nitrogens with one attached hydrogen (secondary N) is 1. The van der Waals surface area contributed by atoms with Crippen molar-refractivity contribution in [2.75, 3.05) is 63.1 Å². The van der Waals surface area contributed by atoms with Crippen LogP contribution < -0.4 is 24.6 Å². The lowest BCUT2D eigenvalue weighted by Gasteiger charge is -2.32. The van der Waals surface area contributed by atoms with Crippen LogP contribution >= 0.6 is 0 Å². The minimum absolute atomic E-state index is 0.175. The summed E-state index contributed by atoms with van der Waals surface area (Å²) in [5, 5.41) is 14.8. The summed E-state index contributed by atoms with van der Waals surface area (Å²) in [5.41, 5.74) is 5.47. The van der Waals surface area contributed by atoms with Gasteiger partial charge in [-0.25, -0.2) is 0 Å². The maximum atomic E-state index is 11.6. The zero-order valence-corrected chi connectivity index (χ0v) is 23.7. The molecule has 1 aliphatic rings. The molecule has 3 aromatic rings. The molecule has 0 radical (unpaired) electrons. The number of ether oxygens (including phenoxy) is 3. The molecule has 1 unspecified atom stereocenters. The van der Waals surface area contributed by atoms with Gasteiger partial charge in [-0.15, -0.1) is 0 Å². The van der Waals surface area contributed by atoms with Crippen molar-refractivity contribution in [2.45, 2.75) is 32.6 Å². The lowest BCUT2D eigenvalue weighted by atomic mass is 9.81. The number of benzene rings is 3. The highest BCUT2D eigenvalue weighted by Crippen LogP contribution is 2.52. The van der Waals surface area contributed by atoms with Gasteiger partial charge in [-0.3, -0.25) is 4.79 Å². The summed E-state index contributed by atoms with van der Waals surface area (Å²) in [5.74, 6) is 1.85. The Kier molecular flexibility index (Phi) is 8.74. The summed E-state index contributed by atoms with van der Waals surface area (Å²) in [7, 11) is 7.04. The van der Waals surface area contributed by atoms with Crippen molar-refractivity contribution >= 4 is 23.0 Å². The summed E-state index contributed by atoms with van der Waals surface area (Å²) in [6.07, 6.45) is 0.966. The summed E-state index contributed by atoms with van der Waals surface area (Å²) in [4.78, 5) is 15.8. The van der Waals surface area contributed by atoms with E-state index in [1.54, 1.807) is 13.2 Å². The Bertz CT molecular complexity index is 1320. The minimum atomic E-state index is -0.256. The van der Waals surface area contributed by atoms with E-state index in [1.807, 2.05) is 50.2 Å². The Labute approximate surface area is 231 Å². The Morgan fingerprint density at radius 2 is 1.72 bits per heavy atom. The largest absolute Gasteiger partial charge is 0.508 e. The molecular weight excluding hydrogens is 494 g/mol. The second kappa shape index (κ2) is 12.2. The summed E-state index contributed by atoms with van der Waals surface area (Å²) in [6, 6.07) is 16.0. The number of phenols is 1. The van der Waals surface area contributed by atoms with E-state index >= 15 is 0 Å². The van der Waals surface area contributed by atoms with Crippen LogP contribution in [0.1, 0.15) is 49.3 Å². The van der Waals surface area contributed by atoms with Gasteiger partial charge in [0.1, 0.15) is 23.0 Å². The van der Waals surface area contributed by atoms with Crippen molar-refractivity contribution in [3.8, 4) is 23.0 Å². The number of esters is 1. The van der Waals surface area contributed by atoms with Crippen LogP contribution in [0.25, 0.3) is 0 Å². The van der Waals surface area contributed by atoms with E-state index < -0.39 is 0 Å². The predicted molar refractivity (Wildman–Crippen MR) is 156 cm³/mol. The van der Waals surface area contributed by atoms with E-state index in [4.69, 9.17) is 14.2 Å². The Balaban J connectivity index is 1.80. The van der Waals surface area contributed by atoms with Gasteiger partial charge in [-0.2, -0.15) is 0 Å². The monoisotopic (exact) mass is 533 g/mol. The predicted octanol–water partition coefficient (Wildman–Crippen LogP) is 5.96. The lowest BCUT2D eigenvalue weighted by molar-refractivity contribution is -0.140. The maximum absolute atomic E-state index is 11.6. The van der Waals surface area contributed by atoms with E-state index in [-0.39, 0.29) is 17.6 Å². The van der Waals surface area contributed by atoms with Crippen LogP contribution in [0.15, 0.2) is 48.5 Å². The van der Waals surface area contributed by atoms with Gasteiger partial charge < -0.3 is 34.4 Å². The molecule has 3 aromatic carbocycles. The standard InChI is InChI=1S/C31H39N3O5/c1-7-32-20-11-13-22-27(16-20)39-28-17-21(33(3)4)12-14-23(28)31(22)24-18-29(37-5)25(19-26(24)35)34(8-2)15-9-10-30(36)38-6/h11-14,16-19,31-32,35H,7-10,15H2,1-6H3. The van der Waals surface area contributed by atoms with E-state index in [1.165, 1.54) is 7.11 Å². The van der Waals surface area contributed by atoms with Crippen LogP contribution in [0.2, 0.25) is 0 Å². The molecule has 0 spiro atoms. The molecule has 0 bridgehead atoms. The van der Waals surface area contributed by atoms with Gasteiger partial charge in [0.2, 0.25) is 0 Å². The van der Waals surface area contributed by atoms with Gasteiger partial charge in [-0.1, -0.05) is 12.1 Å². The second-order valence-corrected chi connectivity index (χ2v) is 9.78. The SMILES string of the molecule is CCNc1ccc2c(c1)Oc1cc(N(C)C)ccc1C2c1cc(OC)c(N(CC)CCCC(=O)OC)cc1O. The number of hydrogen-bond acceptors (Lipinski definition) is 8. The van der Waals surface area contributed by atoms with Crippen molar-refractivity contribution in [1.82, 2.24) is 0 Å². The quantitative estimate of drug-likeness (QED) is 0.228. The van der Waals surface area contributed by atoms with Gasteiger partial charge in [0.25, 0.3) is 0 Å². The van der Waals surface area contributed by atoms with Crippen LogP contribution in [0.3, 0.4) is 0 Å². The molecule has 0 fully saturated rings. The molecule has 39 heavy (non-hydrogen) atoms. The number of aromatic hydroxyl groups is 1. The van der Waals surface area contributed by atoms with Crippen molar-refractivity contribution < 1.29 is 24.1 Å². The number of methoxy groups -OCH3 is 2. The third-order valence-electron chi connectivity index (χ3n) is 7.15. The van der Waals surface area contributed by atoms with E-state index in [0.29, 0.717) is 31.7 Å². The van der Waals surface area contributed by atoms with Crippen LogP contribution in [-0.4, -0.2) is 59.0 Å². The van der Waals surface area contributed by atoms with Crippen LogP contribution in [0, 0.1) is 0 Å². The normalized spacial score (nSPS) is 13.5. The first-order valence-electron chi connectivity index (χ1n) is 13.4. The highest BCUT2D eigenvalue weighted by atomic mass is 16.5. The van der Waals surface area contributed by atoms with Crippen molar-refractivity contribution in [1.29, 1.82) is 0 Å². The number of rotatable bonds is 11. The highest BCUT2D eigenvalue weighted by Gasteiger charge is 2.32. The molecular formula is C31H39N3O5. The van der Waals surface area contributed by atoms with Gasteiger partial charge in [0.05, 0.1) is 19.9 Å². The number of carbonyl (C=O) groups excluding carboxylic acids is 1. The number of carbonyl (C=O) groups is 1. The summed E-state index contributed by atoms with van der Waals surface area (Å²) in [6.45, 7) is 6.22. The lowest BCUT2D eigenvalue weighted by Crippen LogP contribution is -2.25. The third-order valence-corrected chi connectivity index (χ3v) is 7.15. The van der Waals surface area contributed by atoms with Crippen molar-refractivity contribution in [2.24, 2.45) is 0 Å². The average molecular weight is 534 g/mol. The number of anilines is 3. The van der Waals surface area contributed by atoms with Gasteiger partial charge >= 0.3 is 5.97 Å². The molecule has 0 saturated heterocycles. The molecule has 1 atom stereocenters. The number of phenolic OH excluding ortho intramolecular Hbond substituents is 1. The molecule has 8 heteroatoms. The van der Waals surface area contributed by atoms with Gasteiger partial charge in [-0.05, 0) is 38.5 Å². The third kappa shape index (κ3) is 5.85. The van der Waals surface area contributed by atoms with Gasteiger partial charge in [0.15, 0.2) is 0 Å². The van der Waals surface area contributed by atoms with Gasteiger partial charge in [0, 0.05) is 92.3 Å².